The van der Waals surface area contributed by atoms with E-state index in [0.717, 1.165) is 0 Å². The van der Waals surface area contributed by atoms with E-state index in [1.807, 2.05) is 0 Å². The monoisotopic (exact) mass is 164 g/mol. The van der Waals surface area contributed by atoms with Gasteiger partial charge in [-0.1, -0.05) is 0 Å². The van der Waals surface area contributed by atoms with Crippen LogP contribution >= 0.6 is 0 Å². The average molecular weight is 164 g/mol. The third-order valence-corrected chi connectivity index (χ3v) is 0. The predicted octanol–water partition coefficient (Wildman–Crippen LogP) is -0.921. The van der Waals surface area contributed by atoms with Crippen molar-refractivity contribution in [3.8, 4) is 0 Å². The Morgan fingerprint density at radius 3 is 1.25 bits per heavy atom. The number of hydrogen-bond donors (Lipinski definition) is 0. The van der Waals surface area contributed by atoms with Gasteiger partial charge in [-0.2, -0.15) is 0 Å². The number of methoxy groups -OCH3 is 1. The molecule has 0 aliphatic heterocycles. The molecule has 0 aromatic carbocycles. The summed E-state index contributed by atoms with van der Waals surface area (Å²) in [6.07, 6.45) is 0. The summed E-state index contributed by atoms with van der Waals surface area (Å²) in [5.41, 5.74) is 0. The molecular formula is C2H9InO. The van der Waals surface area contributed by atoms with E-state index in [1.165, 1.54) is 0 Å². The number of ether oxygens (including phenoxy) is 1. The zero-order chi connectivity index (χ0) is 2.71. The first-order valence-electron chi connectivity index (χ1n) is 0.816. The van der Waals surface area contributed by atoms with Crippen LogP contribution in [0.1, 0.15) is 0 Å². The molecule has 1 nitrogen and oxygen atoms in total. The molecule has 0 aromatic heterocycles. The molecule has 0 rings (SSSR count). The van der Waals surface area contributed by atoms with Gasteiger partial charge in [0.2, 0.25) is 0 Å². The third-order valence-electron chi connectivity index (χ3n) is 0. The fraction of sp³-hybridized carbons (Fsp3) is 1.00. The van der Waals surface area contributed by atoms with E-state index < -0.39 is 0 Å². The molecule has 0 aliphatic carbocycles. The Morgan fingerprint density at radius 1 is 1.25 bits per heavy atom. The van der Waals surface area contributed by atoms with Crippen molar-refractivity contribution in [2.24, 2.45) is 0 Å². The summed E-state index contributed by atoms with van der Waals surface area (Å²) in [7, 11) is 3.25. The third kappa shape index (κ3) is 13.8. The van der Waals surface area contributed by atoms with E-state index in [-0.39, 0.29) is 25.8 Å². The van der Waals surface area contributed by atoms with Gasteiger partial charge in [0, 0.05) is 14.2 Å². The summed E-state index contributed by atoms with van der Waals surface area (Å²) < 4.78 is 4.25. The van der Waals surface area contributed by atoms with E-state index in [2.05, 4.69) is 4.74 Å². The van der Waals surface area contributed by atoms with E-state index >= 15 is 0 Å². The van der Waals surface area contributed by atoms with Gasteiger partial charge in [-0.25, -0.2) is 0 Å². The molecule has 0 atom stereocenters. The second kappa shape index (κ2) is 9.16. The molecule has 2 heteroatoms. The summed E-state index contributed by atoms with van der Waals surface area (Å²) in [6, 6.07) is 0. The van der Waals surface area contributed by atoms with Gasteiger partial charge >= 0.3 is 25.8 Å². The topological polar surface area (TPSA) is 9.23 Å². The Morgan fingerprint density at radius 2 is 1.25 bits per heavy atom. The summed E-state index contributed by atoms with van der Waals surface area (Å²) in [5, 5.41) is 0. The van der Waals surface area contributed by atoms with Crippen LogP contribution in [0, 0.1) is 0 Å². The van der Waals surface area contributed by atoms with Crippen LogP contribution in [0.3, 0.4) is 0 Å². The first-order valence-corrected chi connectivity index (χ1v) is 0.816. The molecule has 0 amide bonds. The summed E-state index contributed by atoms with van der Waals surface area (Å²) in [6.45, 7) is 0. The van der Waals surface area contributed by atoms with Crippen LogP contribution < -0.4 is 0 Å². The summed E-state index contributed by atoms with van der Waals surface area (Å²) >= 11 is 0. The maximum absolute atomic E-state index is 4.25. The van der Waals surface area contributed by atoms with Crippen LogP contribution in [0.25, 0.3) is 0 Å². The maximum atomic E-state index is 4.25. The van der Waals surface area contributed by atoms with E-state index in [1.54, 1.807) is 14.2 Å². The number of rotatable bonds is 0. The van der Waals surface area contributed by atoms with Gasteiger partial charge in [-0.15, -0.1) is 0 Å². The normalized spacial score (nSPS) is 4.50. The van der Waals surface area contributed by atoms with Crippen molar-refractivity contribution in [1.29, 1.82) is 0 Å². The molecule has 0 N–H and O–H groups in total. The Labute approximate surface area is 45.1 Å². The molecule has 26 valence electrons. The molecule has 0 radical (unpaired) electrons. The standard InChI is InChI=1S/C2H6O.In.3H/c1-3-2;;;;/h1-2H3;;;;. The molecule has 4 heavy (non-hydrogen) atoms. The van der Waals surface area contributed by atoms with Crippen LogP contribution in [-0.2, 0) is 4.74 Å². The Hall–Kier alpha value is 0.830. The summed E-state index contributed by atoms with van der Waals surface area (Å²) in [4.78, 5) is 0. The Bertz CT molecular complexity index is 6.00. The van der Waals surface area contributed by atoms with Crippen molar-refractivity contribution in [3.63, 3.8) is 0 Å². The first-order chi connectivity index (χ1) is 1.41. The molecule has 0 heterocycles. The Balaban J connectivity index is 0. The van der Waals surface area contributed by atoms with Crippen LogP contribution in [0.15, 0.2) is 0 Å². The molecule has 0 spiro atoms. The molecular weight excluding hydrogens is 155 g/mol. The molecule has 0 fully saturated rings. The average Bonchev–Trinajstić information content (AvgIpc) is 0.918. The predicted molar refractivity (Wildman–Crippen MR) is 22.9 cm³/mol. The molecule has 0 aromatic rings. The van der Waals surface area contributed by atoms with E-state index in [0.29, 0.717) is 0 Å². The van der Waals surface area contributed by atoms with Crippen LogP contribution in [0.4, 0.5) is 0 Å². The molecule has 0 aliphatic rings. The quantitative estimate of drug-likeness (QED) is 0.449. The van der Waals surface area contributed by atoms with Crippen molar-refractivity contribution < 1.29 is 4.74 Å². The van der Waals surface area contributed by atoms with Gasteiger partial charge in [0.1, 0.15) is 0 Å². The fourth-order valence-corrected chi connectivity index (χ4v) is 0. The van der Waals surface area contributed by atoms with Crippen molar-refractivity contribution in [2.75, 3.05) is 14.2 Å². The number of hydrogen-bond acceptors (Lipinski definition) is 1. The van der Waals surface area contributed by atoms with Gasteiger partial charge < -0.3 is 4.74 Å². The molecule has 0 saturated heterocycles. The van der Waals surface area contributed by atoms with Gasteiger partial charge in [-0.05, 0) is 0 Å². The fourth-order valence-electron chi connectivity index (χ4n) is 0. The molecule has 0 unspecified atom stereocenters. The second-order valence-corrected chi connectivity index (χ2v) is 0.408. The Kier molecular flexibility index (Phi) is 20.3. The zero-order valence-corrected chi connectivity index (χ0v) is 2.41. The zero-order valence-electron chi connectivity index (χ0n) is 2.41. The van der Waals surface area contributed by atoms with E-state index in [4.69, 9.17) is 0 Å². The first kappa shape index (κ1) is 8.85. The SMILES string of the molecule is COC.[InH3]. The van der Waals surface area contributed by atoms with E-state index in [9.17, 15) is 0 Å². The van der Waals surface area contributed by atoms with Crippen LogP contribution in [-0.4, -0.2) is 40.1 Å². The van der Waals surface area contributed by atoms with Crippen molar-refractivity contribution >= 4 is 25.8 Å². The molecule has 0 bridgehead atoms. The molecule has 0 saturated carbocycles. The van der Waals surface area contributed by atoms with Gasteiger partial charge in [-0.3, -0.25) is 0 Å². The van der Waals surface area contributed by atoms with Gasteiger partial charge in [0.05, 0.1) is 0 Å². The van der Waals surface area contributed by atoms with Crippen molar-refractivity contribution in [1.82, 2.24) is 0 Å². The minimum atomic E-state index is 0. The summed E-state index contributed by atoms with van der Waals surface area (Å²) in [5.74, 6) is 0. The van der Waals surface area contributed by atoms with Crippen molar-refractivity contribution in [2.45, 2.75) is 0 Å². The van der Waals surface area contributed by atoms with Crippen LogP contribution in [0.2, 0.25) is 0 Å². The minimum absolute atomic E-state index is 0. The van der Waals surface area contributed by atoms with Gasteiger partial charge in [0.15, 0.2) is 0 Å². The van der Waals surface area contributed by atoms with Crippen molar-refractivity contribution in [3.05, 3.63) is 0 Å². The second-order valence-electron chi connectivity index (χ2n) is 0.408. The van der Waals surface area contributed by atoms with Gasteiger partial charge in [0.25, 0.3) is 0 Å². The van der Waals surface area contributed by atoms with Crippen LogP contribution in [0.5, 0.6) is 0 Å².